The highest BCUT2D eigenvalue weighted by Crippen LogP contribution is 2.26. The van der Waals surface area contributed by atoms with Crippen LogP contribution in [0, 0.1) is 23.4 Å². The molecular weight excluding hydrogens is 399 g/mol. The van der Waals surface area contributed by atoms with Crippen molar-refractivity contribution in [2.45, 2.75) is 26.4 Å². The SMILES string of the molecule is COC1=CC(Nc2nc(=O)c(OC)cn2Cc2cc(F)c(F)c(F)c2)C(C)C=C1C. The first-order valence-electron chi connectivity index (χ1n) is 9.23. The van der Waals surface area contributed by atoms with Gasteiger partial charge in [0.05, 0.1) is 33.0 Å². The van der Waals surface area contributed by atoms with Gasteiger partial charge in [0, 0.05) is 0 Å². The molecule has 3 rings (SSSR count). The molecule has 2 atom stereocenters. The number of hydrogen-bond acceptors (Lipinski definition) is 5. The summed E-state index contributed by atoms with van der Waals surface area (Å²) in [5.74, 6) is -3.26. The molecule has 0 bridgehead atoms. The number of nitrogens with one attached hydrogen (secondary N) is 1. The van der Waals surface area contributed by atoms with Gasteiger partial charge < -0.3 is 19.4 Å². The molecule has 0 radical (unpaired) electrons. The van der Waals surface area contributed by atoms with Gasteiger partial charge in [0.1, 0.15) is 5.76 Å². The number of anilines is 1. The molecule has 1 aliphatic rings. The van der Waals surface area contributed by atoms with E-state index < -0.39 is 23.0 Å². The lowest BCUT2D eigenvalue weighted by Gasteiger charge is -2.27. The molecule has 30 heavy (non-hydrogen) atoms. The Morgan fingerprint density at radius 1 is 1.13 bits per heavy atom. The van der Waals surface area contributed by atoms with Crippen LogP contribution in [-0.4, -0.2) is 29.8 Å². The highest BCUT2D eigenvalue weighted by molar-refractivity contribution is 5.40. The van der Waals surface area contributed by atoms with E-state index in [-0.39, 0.29) is 35.8 Å². The van der Waals surface area contributed by atoms with Crippen molar-refractivity contribution in [2.75, 3.05) is 19.5 Å². The van der Waals surface area contributed by atoms with Gasteiger partial charge in [-0.2, -0.15) is 4.98 Å². The normalized spacial score (nSPS) is 18.5. The van der Waals surface area contributed by atoms with Gasteiger partial charge in [-0.3, -0.25) is 4.79 Å². The Morgan fingerprint density at radius 3 is 2.40 bits per heavy atom. The van der Waals surface area contributed by atoms with Crippen LogP contribution in [0.25, 0.3) is 0 Å². The van der Waals surface area contributed by atoms with Gasteiger partial charge in [-0.15, -0.1) is 0 Å². The second kappa shape index (κ2) is 8.64. The van der Waals surface area contributed by atoms with Gasteiger partial charge in [-0.25, -0.2) is 13.2 Å². The number of methoxy groups -OCH3 is 2. The van der Waals surface area contributed by atoms with Gasteiger partial charge in [-0.05, 0) is 42.2 Å². The first kappa shape index (κ1) is 21.5. The summed E-state index contributed by atoms with van der Waals surface area (Å²) in [6.45, 7) is 3.85. The van der Waals surface area contributed by atoms with Gasteiger partial charge in [0.2, 0.25) is 11.7 Å². The second-order valence-electron chi connectivity index (χ2n) is 7.05. The smallest absolute Gasteiger partial charge is 0.316 e. The molecule has 1 aromatic carbocycles. The van der Waals surface area contributed by atoms with Crippen LogP contribution in [0.5, 0.6) is 5.75 Å². The molecule has 0 spiro atoms. The predicted octanol–water partition coefficient (Wildman–Crippen LogP) is 3.62. The molecule has 0 saturated carbocycles. The van der Waals surface area contributed by atoms with E-state index in [0.717, 1.165) is 17.7 Å². The molecule has 2 unspecified atom stereocenters. The van der Waals surface area contributed by atoms with E-state index in [4.69, 9.17) is 9.47 Å². The zero-order chi connectivity index (χ0) is 22.0. The fourth-order valence-corrected chi connectivity index (χ4v) is 3.32. The average molecular weight is 421 g/mol. The summed E-state index contributed by atoms with van der Waals surface area (Å²) in [7, 11) is 2.88. The van der Waals surface area contributed by atoms with Crippen LogP contribution in [-0.2, 0) is 11.3 Å². The third kappa shape index (κ3) is 4.34. The highest BCUT2D eigenvalue weighted by Gasteiger charge is 2.23. The summed E-state index contributed by atoms with van der Waals surface area (Å²) < 4.78 is 52.4. The number of halogens is 3. The van der Waals surface area contributed by atoms with Crippen molar-refractivity contribution in [1.29, 1.82) is 0 Å². The van der Waals surface area contributed by atoms with Crippen LogP contribution < -0.4 is 15.6 Å². The molecule has 1 aromatic heterocycles. The molecule has 6 nitrogen and oxygen atoms in total. The monoisotopic (exact) mass is 421 g/mol. The number of benzene rings is 1. The van der Waals surface area contributed by atoms with E-state index in [1.807, 2.05) is 26.0 Å². The lowest BCUT2D eigenvalue weighted by molar-refractivity contribution is 0.294. The molecule has 0 saturated heterocycles. The molecule has 2 aromatic rings. The quantitative estimate of drug-likeness (QED) is 0.722. The van der Waals surface area contributed by atoms with Crippen molar-refractivity contribution in [1.82, 2.24) is 9.55 Å². The molecular formula is C21H22F3N3O3. The van der Waals surface area contributed by atoms with Crippen molar-refractivity contribution in [3.8, 4) is 5.75 Å². The number of nitrogens with zero attached hydrogens (tertiary/aromatic N) is 2. The van der Waals surface area contributed by atoms with Crippen molar-refractivity contribution in [3.05, 3.63) is 75.2 Å². The fourth-order valence-electron chi connectivity index (χ4n) is 3.32. The maximum atomic E-state index is 13.6. The average Bonchev–Trinajstić information content (AvgIpc) is 2.69. The van der Waals surface area contributed by atoms with Crippen LogP contribution >= 0.6 is 0 Å². The van der Waals surface area contributed by atoms with Crippen LogP contribution in [0.4, 0.5) is 19.1 Å². The Labute approximate surface area is 171 Å². The topological polar surface area (TPSA) is 65.4 Å². The van der Waals surface area contributed by atoms with Crippen molar-refractivity contribution in [2.24, 2.45) is 5.92 Å². The zero-order valence-corrected chi connectivity index (χ0v) is 17.0. The maximum absolute atomic E-state index is 13.6. The van der Waals surface area contributed by atoms with Crippen LogP contribution in [0.3, 0.4) is 0 Å². The summed E-state index contributed by atoms with van der Waals surface area (Å²) in [6.07, 6.45) is 5.28. The molecule has 1 heterocycles. The standard InChI is InChI=1S/C21H22F3N3O3/c1-11-5-12(2)17(29-3)8-16(11)25-21-26-20(28)18(30-4)10-27(21)9-13-6-14(22)19(24)15(23)7-13/h5-8,10-11,16H,9H2,1-4H3,(H,25,26,28). The van der Waals surface area contributed by atoms with Gasteiger partial charge in [0.25, 0.3) is 0 Å². The third-order valence-corrected chi connectivity index (χ3v) is 4.89. The molecule has 0 fully saturated rings. The van der Waals surface area contributed by atoms with E-state index in [1.165, 1.54) is 17.9 Å². The van der Waals surface area contributed by atoms with Crippen molar-refractivity contribution >= 4 is 5.95 Å². The largest absolute Gasteiger partial charge is 0.497 e. The number of rotatable bonds is 6. The second-order valence-corrected chi connectivity index (χ2v) is 7.05. The summed E-state index contributed by atoms with van der Waals surface area (Å²) in [5.41, 5.74) is 0.543. The Kier molecular flexibility index (Phi) is 6.19. The number of allylic oxidation sites excluding steroid dienone is 1. The molecule has 160 valence electrons. The van der Waals surface area contributed by atoms with E-state index in [1.54, 1.807) is 7.11 Å². The molecule has 0 aliphatic heterocycles. The first-order valence-corrected chi connectivity index (χ1v) is 9.23. The Morgan fingerprint density at radius 2 is 1.80 bits per heavy atom. The van der Waals surface area contributed by atoms with Crippen LogP contribution in [0.1, 0.15) is 19.4 Å². The summed E-state index contributed by atoms with van der Waals surface area (Å²) >= 11 is 0. The fraction of sp³-hybridized carbons (Fsp3) is 0.333. The van der Waals surface area contributed by atoms with Crippen molar-refractivity contribution < 1.29 is 22.6 Å². The number of hydrogen-bond donors (Lipinski definition) is 1. The molecule has 0 amide bonds. The van der Waals surface area contributed by atoms with Crippen LogP contribution in [0.2, 0.25) is 0 Å². The van der Waals surface area contributed by atoms with Crippen molar-refractivity contribution in [3.63, 3.8) is 0 Å². The van der Waals surface area contributed by atoms with E-state index in [0.29, 0.717) is 5.76 Å². The van der Waals surface area contributed by atoms with E-state index in [9.17, 15) is 18.0 Å². The predicted molar refractivity (Wildman–Crippen MR) is 106 cm³/mol. The third-order valence-electron chi connectivity index (χ3n) is 4.89. The van der Waals surface area contributed by atoms with E-state index in [2.05, 4.69) is 10.3 Å². The minimum absolute atomic E-state index is 0.0378. The highest BCUT2D eigenvalue weighted by atomic mass is 19.2. The van der Waals surface area contributed by atoms with Gasteiger partial charge in [-0.1, -0.05) is 13.0 Å². The summed E-state index contributed by atoms with van der Waals surface area (Å²) in [6, 6.07) is 1.53. The number of aromatic nitrogens is 2. The Bertz CT molecular complexity index is 1060. The lowest BCUT2D eigenvalue weighted by Crippen LogP contribution is -2.31. The lowest BCUT2D eigenvalue weighted by atomic mass is 9.92. The van der Waals surface area contributed by atoms with E-state index >= 15 is 0 Å². The first-order chi connectivity index (χ1) is 14.2. The molecule has 9 heteroatoms. The minimum Gasteiger partial charge on any atom is -0.497 e. The zero-order valence-electron chi connectivity index (χ0n) is 17.0. The number of ether oxygens (including phenoxy) is 2. The van der Waals surface area contributed by atoms with Gasteiger partial charge in [0.15, 0.2) is 17.5 Å². The van der Waals surface area contributed by atoms with Gasteiger partial charge >= 0.3 is 5.56 Å². The Hall–Kier alpha value is -3.23. The molecule has 1 aliphatic carbocycles. The minimum atomic E-state index is -1.54. The maximum Gasteiger partial charge on any atom is 0.316 e. The summed E-state index contributed by atoms with van der Waals surface area (Å²) in [4.78, 5) is 16.2. The molecule has 1 N–H and O–H groups in total. The summed E-state index contributed by atoms with van der Waals surface area (Å²) in [5, 5.41) is 3.17. The Balaban J connectivity index is 2.00. The van der Waals surface area contributed by atoms with Crippen LogP contribution in [0.15, 0.2) is 46.6 Å².